The normalized spacial score (nSPS) is 11.7. The van der Waals surface area contributed by atoms with Crippen molar-refractivity contribution in [2.24, 2.45) is 5.10 Å². The predicted octanol–water partition coefficient (Wildman–Crippen LogP) is 5.65. The number of nitrogens with zero attached hydrogens (tertiary/aromatic N) is 3. The van der Waals surface area contributed by atoms with Gasteiger partial charge in [0.05, 0.1) is 23.0 Å². The Hall–Kier alpha value is -2.94. The number of imidazole rings is 1. The second kappa shape index (κ2) is 9.05. The van der Waals surface area contributed by atoms with Gasteiger partial charge in [0.15, 0.2) is 0 Å². The summed E-state index contributed by atoms with van der Waals surface area (Å²) < 4.78 is 30.5. The second-order valence-corrected chi connectivity index (χ2v) is 9.55. The van der Waals surface area contributed by atoms with E-state index in [0.29, 0.717) is 10.7 Å². The van der Waals surface area contributed by atoms with Crippen LogP contribution in [0.1, 0.15) is 5.56 Å². The van der Waals surface area contributed by atoms with Crippen LogP contribution in [-0.2, 0) is 10.0 Å². The molecular formula is C22H16BrClN4O2S. The Morgan fingerprint density at radius 3 is 2.32 bits per heavy atom. The van der Waals surface area contributed by atoms with Crippen molar-refractivity contribution in [1.29, 1.82) is 0 Å². The topological polar surface area (TPSA) is 76.3 Å². The smallest absolute Gasteiger partial charge is 0.247 e. The predicted molar refractivity (Wildman–Crippen MR) is 127 cm³/mol. The standard InChI is InChI=1S/C22H16BrClN4O2S/c23-18-8-12-20(13-9-18)31(29,30)27-22-26-21(17-4-2-1-3-5-17)15-28(22)25-14-16-6-10-19(24)11-7-16/h1-15H,(H,26,27)/b25-14+. The highest BCUT2D eigenvalue weighted by Crippen LogP contribution is 2.23. The quantitative estimate of drug-likeness (QED) is 0.337. The summed E-state index contributed by atoms with van der Waals surface area (Å²) in [5.74, 6) is 0.0759. The average molecular weight is 516 g/mol. The molecule has 0 atom stereocenters. The number of benzene rings is 3. The molecule has 0 radical (unpaired) electrons. The maximum atomic E-state index is 12.9. The molecule has 0 aliphatic carbocycles. The number of anilines is 1. The first-order valence-corrected chi connectivity index (χ1v) is 11.8. The zero-order valence-electron chi connectivity index (χ0n) is 16.0. The lowest BCUT2D eigenvalue weighted by Crippen LogP contribution is -2.15. The Labute approximate surface area is 193 Å². The summed E-state index contributed by atoms with van der Waals surface area (Å²) in [6.07, 6.45) is 3.27. The molecule has 1 heterocycles. The highest BCUT2D eigenvalue weighted by molar-refractivity contribution is 9.10. The molecule has 0 saturated carbocycles. The number of hydrogen-bond donors (Lipinski definition) is 1. The number of aromatic nitrogens is 2. The van der Waals surface area contributed by atoms with Gasteiger partial charge in [0.2, 0.25) is 5.95 Å². The molecule has 6 nitrogen and oxygen atoms in total. The minimum Gasteiger partial charge on any atom is -0.247 e. The Morgan fingerprint density at radius 2 is 1.65 bits per heavy atom. The number of nitrogens with one attached hydrogen (secondary N) is 1. The number of halogens is 2. The van der Waals surface area contributed by atoms with E-state index in [-0.39, 0.29) is 10.8 Å². The zero-order valence-corrected chi connectivity index (χ0v) is 19.1. The molecule has 0 aliphatic heterocycles. The highest BCUT2D eigenvalue weighted by Gasteiger charge is 2.19. The van der Waals surface area contributed by atoms with Crippen LogP contribution in [0.5, 0.6) is 0 Å². The largest absolute Gasteiger partial charge is 0.264 e. The fourth-order valence-corrected chi connectivity index (χ4v) is 4.13. The van der Waals surface area contributed by atoms with Crippen molar-refractivity contribution in [1.82, 2.24) is 9.66 Å². The van der Waals surface area contributed by atoms with Crippen LogP contribution in [0.3, 0.4) is 0 Å². The minimum atomic E-state index is -3.86. The van der Waals surface area contributed by atoms with Crippen LogP contribution in [0.2, 0.25) is 5.02 Å². The summed E-state index contributed by atoms with van der Waals surface area (Å²) in [5.41, 5.74) is 2.23. The summed E-state index contributed by atoms with van der Waals surface area (Å²) in [5, 5.41) is 5.02. The van der Waals surface area contributed by atoms with Gasteiger partial charge in [0.1, 0.15) is 0 Å². The van der Waals surface area contributed by atoms with Crippen LogP contribution in [0.4, 0.5) is 5.95 Å². The van der Waals surface area contributed by atoms with E-state index in [1.807, 2.05) is 42.5 Å². The number of sulfonamides is 1. The van der Waals surface area contributed by atoms with E-state index in [0.717, 1.165) is 15.6 Å². The molecule has 0 amide bonds. The molecule has 156 valence electrons. The first kappa shape index (κ1) is 21.3. The fourth-order valence-electron chi connectivity index (χ4n) is 2.75. The molecular weight excluding hydrogens is 500 g/mol. The molecule has 0 aliphatic rings. The lowest BCUT2D eigenvalue weighted by atomic mass is 10.2. The molecule has 1 aromatic heterocycles. The van der Waals surface area contributed by atoms with Gasteiger partial charge in [-0.05, 0) is 42.0 Å². The Bertz CT molecular complexity index is 1320. The van der Waals surface area contributed by atoms with Gasteiger partial charge in [-0.25, -0.2) is 22.8 Å². The molecule has 0 spiro atoms. The van der Waals surface area contributed by atoms with Crippen LogP contribution in [0.25, 0.3) is 11.3 Å². The van der Waals surface area contributed by atoms with E-state index in [4.69, 9.17) is 11.6 Å². The van der Waals surface area contributed by atoms with Gasteiger partial charge >= 0.3 is 0 Å². The molecule has 0 fully saturated rings. The van der Waals surface area contributed by atoms with Crippen molar-refractivity contribution in [3.05, 3.63) is 100 Å². The third-order valence-corrected chi connectivity index (χ3v) is 6.43. The minimum absolute atomic E-state index is 0.0759. The molecule has 1 N–H and O–H groups in total. The summed E-state index contributed by atoms with van der Waals surface area (Å²) in [7, 11) is -3.86. The van der Waals surface area contributed by atoms with Crippen LogP contribution < -0.4 is 4.72 Å². The summed E-state index contributed by atoms with van der Waals surface area (Å²) in [6.45, 7) is 0. The number of hydrogen-bond acceptors (Lipinski definition) is 4. The molecule has 4 rings (SSSR count). The molecule has 4 aromatic rings. The van der Waals surface area contributed by atoms with Gasteiger partial charge in [0.25, 0.3) is 10.0 Å². The van der Waals surface area contributed by atoms with Gasteiger partial charge in [-0.1, -0.05) is 70.0 Å². The fraction of sp³-hybridized carbons (Fsp3) is 0. The zero-order chi connectivity index (χ0) is 21.8. The van der Waals surface area contributed by atoms with Crippen molar-refractivity contribution >= 4 is 49.7 Å². The molecule has 0 unspecified atom stereocenters. The summed E-state index contributed by atoms with van der Waals surface area (Å²) in [4.78, 5) is 4.58. The van der Waals surface area contributed by atoms with Gasteiger partial charge in [-0.3, -0.25) is 0 Å². The van der Waals surface area contributed by atoms with Crippen LogP contribution in [0.15, 0.2) is 99.5 Å². The third kappa shape index (κ3) is 5.22. The van der Waals surface area contributed by atoms with Gasteiger partial charge < -0.3 is 0 Å². The maximum absolute atomic E-state index is 12.9. The van der Waals surface area contributed by atoms with Crippen molar-refractivity contribution in [3.8, 4) is 11.3 Å². The average Bonchev–Trinajstić information content (AvgIpc) is 3.16. The third-order valence-electron chi connectivity index (χ3n) is 4.31. The Balaban J connectivity index is 1.71. The molecule has 0 bridgehead atoms. The maximum Gasteiger partial charge on any atom is 0.264 e. The lowest BCUT2D eigenvalue weighted by molar-refractivity contribution is 0.600. The summed E-state index contributed by atoms with van der Waals surface area (Å²) >= 11 is 9.23. The number of rotatable bonds is 6. The first-order valence-electron chi connectivity index (χ1n) is 9.14. The van der Waals surface area contributed by atoms with Crippen molar-refractivity contribution in [2.45, 2.75) is 4.90 Å². The molecule has 3 aromatic carbocycles. The Morgan fingerprint density at radius 1 is 0.968 bits per heavy atom. The first-order chi connectivity index (χ1) is 14.9. The van der Waals surface area contributed by atoms with E-state index in [2.05, 4.69) is 30.7 Å². The molecule has 31 heavy (non-hydrogen) atoms. The summed E-state index contributed by atoms with van der Waals surface area (Å²) in [6, 6.07) is 22.9. The van der Waals surface area contributed by atoms with E-state index in [1.54, 1.807) is 36.7 Å². The van der Waals surface area contributed by atoms with Crippen LogP contribution in [-0.4, -0.2) is 24.3 Å². The SMILES string of the molecule is O=S(=O)(Nc1nc(-c2ccccc2)cn1/N=C/c1ccc(Cl)cc1)c1ccc(Br)cc1. The van der Waals surface area contributed by atoms with Gasteiger partial charge in [-0.2, -0.15) is 5.10 Å². The van der Waals surface area contributed by atoms with E-state index in [1.165, 1.54) is 16.8 Å². The van der Waals surface area contributed by atoms with Gasteiger partial charge in [0, 0.05) is 15.1 Å². The van der Waals surface area contributed by atoms with E-state index < -0.39 is 10.0 Å². The van der Waals surface area contributed by atoms with Crippen molar-refractivity contribution in [3.63, 3.8) is 0 Å². The van der Waals surface area contributed by atoms with Crippen molar-refractivity contribution in [2.75, 3.05) is 4.72 Å². The van der Waals surface area contributed by atoms with Crippen molar-refractivity contribution < 1.29 is 8.42 Å². The molecule has 9 heteroatoms. The van der Waals surface area contributed by atoms with E-state index >= 15 is 0 Å². The van der Waals surface area contributed by atoms with Crippen LogP contribution in [0, 0.1) is 0 Å². The van der Waals surface area contributed by atoms with Gasteiger partial charge in [-0.15, -0.1) is 0 Å². The second-order valence-electron chi connectivity index (χ2n) is 6.52. The molecule has 0 saturated heterocycles. The Kier molecular flexibility index (Phi) is 6.22. The highest BCUT2D eigenvalue weighted by atomic mass is 79.9. The monoisotopic (exact) mass is 514 g/mol. The van der Waals surface area contributed by atoms with Crippen LogP contribution >= 0.6 is 27.5 Å². The lowest BCUT2D eigenvalue weighted by Gasteiger charge is -2.07. The van der Waals surface area contributed by atoms with E-state index in [9.17, 15) is 8.42 Å².